The molecule has 6 heteroatoms. The van der Waals surface area contributed by atoms with E-state index in [-0.39, 0.29) is 12.8 Å². The summed E-state index contributed by atoms with van der Waals surface area (Å²) < 4.78 is 0. The van der Waals surface area contributed by atoms with Gasteiger partial charge < -0.3 is 16.2 Å². The molecule has 1 atom stereocenters. The predicted octanol–water partition coefficient (Wildman–Crippen LogP) is -1.16. The number of nitrogens with one attached hydrogen (secondary N) is 1. The topological polar surface area (TPSA) is 109 Å². The lowest BCUT2D eigenvalue weighted by atomic mass is 10.7. The normalized spacial score (nSPS) is 11.8. The van der Waals surface area contributed by atoms with Crippen molar-refractivity contribution >= 4 is 17.8 Å². The Balaban J connectivity index is 4.02. The van der Waals surface area contributed by atoms with Crippen molar-refractivity contribution in [3.8, 4) is 0 Å². The molecule has 0 unspecified atom stereocenters. The smallest absolute Gasteiger partial charge is 0.326 e. The van der Waals surface area contributed by atoms with Gasteiger partial charge in [-0.25, -0.2) is 4.79 Å². The summed E-state index contributed by atoms with van der Waals surface area (Å²) >= 11 is 0. The summed E-state index contributed by atoms with van der Waals surface area (Å²) in [6.45, 7) is 1.21. The molecule has 0 rings (SSSR count). The molecule has 0 fully saturated rings. The Morgan fingerprint density at radius 3 is 2.31 bits per heavy atom. The summed E-state index contributed by atoms with van der Waals surface area (Å²) in [4.78, 5) is 31.3. The van der Waals surface area contributed by atoms with Gasteiger partial charge >= 0.3 is 5.97 Å². The van der Waals surface area contributed by atoms with Crippen LogP contribution in [-0.2, 0) is 14.4 Å². The van der Waals surface area contributed by atoms with E-state index in [0.29, 0.717) is 0 Å². The zero-order valence-electron chi connectivity index (χ0n) is 7.24. The summed E-state index contributed by atoms with van der Waals surface area (Å²) in [5.41, 5.74) is 4.83. The Kier molecular flexibility index (Phi) is 4.50. The van der Waals surface area contributed by atoms with E-state index < -0.39 is 23.8 Å². The molecule has 2 amide bonds. The van der Waals surface area contributed by atoms with Crippen molar-refractivity contribution in [3.63, 3.8) is 0 Å². The number of amides is 2. The van der Waals surface area contributed by atoms with E-state index in [0.717, 1.165) is 0 Å². The summed E-state index contributed by atoms with van der Waals surface area (Å²) in [6.07, 6.45) is -0.0402. The number of carbonyl (C=O) groups is 3. The molecule has 0 saturated heterocycles. The minimum absolute atomic E-state index is 0.0181. The molecule has 0 aliphatic rings. The van der Waals surface area contributed by atoms with Crippen molar-refractivity contribution in [1.29, 1.82) is 0 Å². The number of carboxylic acids is 1. The van der Waals surface area contributed by atoms with Crippen LogP contribution in [0.4, 0.5) is 0 Å². The van der Waals surface area contributed by atoms with Crippen LogP contribution >= 0.6 is 0 Å². The van der Waals surface area contributed by atoms with E-state index in [9.17, 15) is 14.4 Å². The van der Waals surface area contributed by atoms with Gasteiger partial charge in [-0.05, 0) is 6.42 Å². The largest absolute Gasteiger partial charge is 0.480 e. The first-order valence-electron chi connectivity index (χ1n) is 3.71. The number of aliphatic carboxylic acids is 1. The fourth-order valence-electron chi connectivity index (χ4n) is 0.789. The third-order valence-corrected chi connectivity index (χ3v) is 1.36. The highest BCUT2D eigenvalue weighted by Crippen LogP contribution is 1.96. The molecule has 6 nitrogen and oxygen atoms in total. The highest BCUT2D eigenvalue weighted by molar-refractivity contribution is 5.83. The van der Waals surface area contributed by atoms with Crippen molar-refractivity contribution in [2.45, 2.75) is 25.8 Å². The van der Waals surface area contributed by atoms with E-state index >= 15 is 0 Å². The highest BCUT2D eigenvalue weighted by Gasteiger charge is 2.18. The van der Waals surface area contributed by atoms with Gasteiger partial charge in [0.15, 0.2) is 0 Å². The fourth-order valence-corrected chi connectivity index (χ4v) is 0.789. The number of hydrogen-bond donors (Lipinski definition) is 3. The van der Waals surface area contributed by atoms with Crippen LogP contribution in [-0.4, -0.2) is 28.9 Å². The molecule has 4 N–H and O–H groups in total. The van der Waals surface area contributed by atoms with E-state index in [1.807, 2.05) is 0 Å². The first-order chi connectivity index (χ1) is 5.93. The summed E-state index contributed by atoms with van der Waals surface area (Å²) in [6, 6.07) is -1.04. The molecule has 0 aromatic carbocycles. The van der Waals surface area contributed by atoms with Crippen LogP contribution in [0.5, 0.6) is 0 Å². The van der Waals surface area contributed by atoms with Crippen LogP contribution in [0, 0.1) is 0 Å². The molecule has 0 spiro atoms. The van der Waals surface area contributed by atoms with E-state index in [4.69, 9.17) is 10.8 Å². The molecule has 0 saturated carbocycles. The number of hydrogen-bond acceptors (Lipinski definition) is 3. The summed E-state index contributed by atoms with van der Waals surface area (Å²) in [7, 11) is 0. The Morgan fingerprint density at radius 1 is 1.46 bits per heavy atom. The van der Waals surface area contributed by atoms with Crippen LogP contribution in [0.2, 0.25) is 0 Å². The maximum Gasteiger partial charge on any atom is 0.326 e. The average Bonchev–Trinajstić information content (AvgIpc) is 1.96. The van der Waals surface area contributed by atoms with Gasteiger partial charge in [-0.15, -0.1) is 0 Å². The van der Waals surface area contributed by atoms with Gasteiger partial charge in [-0.2, -0.15) is 0 Å². The minimum Gasteiger partial charge on any atom is -0.480 e. The van der Waals surface area contributed by atoms with Crippen molar-refractivity contribution < 1.29 is 19.5 Å². The van der Waals surface area contributed by atoms with Crippen LogP contribution in [0.25, 0.3) is 0 Å². The Bertz CT molecular complexity index is 227. The van der Waals surface area contributed by atoms with Gasteiger partial charge in [0, 0.05) is 13.3 Å². The quantitative estimate of drug-likeness (QED) is 0.478. The third kappa shape index (κ3) is 5.66. The number of rotatable bonds is 5. The highest BCUT2D eigenvalue weighted by atomic mass is 16.5. The molecule has 0 radical (unpaired) electrons. The maximum atomic E-state index is 10.5. The van der Waals surface area contributed by atoms with Crippen molar-refractivity contribution in [1.82, 2.24) is 5.32 Å². The van der Waals surface area contributed by atoms with Gasteiger partial charge in [-0.3, -0.25) is 9.59 Å². The third-order valence-electron chi connectivity index (χ3n) is 1.36. The van der Waals surface area contributed by atoms with Gasteiger partial charge in [-0.1, -0.05) is 0 Å². The second-order valence-electron chi connectivity index (χ2n) is 2.60. The van der Waals surface area contributed by atoms with Crippen molar-refractivity contribution in [2.75, 3.05) is 0 Å². The average molecular weight is 193 g/mol. The van der Waals surface area contributed by atoms with Crippen LogP contribution in [0.3, 0.4) is 0 Å². The molecular formula is C7H12N2O4. The molecular weight excluding hydrogens is 181 g/mol. The lowest BCUT2D eigenvalue weighted by molar-refractivity contribution is -0.141. The number of carboxylic acid groups (broad SMARTS) is 1. The Labute approximate surface area is 75.1 Å². The Morgan fingerprint density at radius 2 is 2.00 bits per heavy atom. The van der Waals surface area contributed by atoms with Crippen molar-refractivity contribution in [3.05, 3.63) is 0 Å². The predicted molar refractivity (Wildman–Crippen MR) is 43.7 cm³/mol. The van der Waals surface area contributed by atoms with E-state index in [2.05, 4.69) is 5.32 Å². The van der Waals surface area contributed by atoms with Gasteiger partial charge in [0.25, 0.3) is 0 Å². The zero-order chi connectivity index (χ0) is 10.4. The number of carbonyl (C=O) groups excluding carboxylic acids is 2. The van der Waals surface area contributed by atoms with Gasteiger partial charge in [0.05, 0.1) is 0 Å². The van der Waals surface area contributed by atoms with Crippen LogP contribution in [0.1, 0.15) is 19.8 Å². The molecule has 0 aromatic rings. The standard InChI is InChI=1S/C7H12N2O4/c1-4(10)9-5(7(12)13)2-3-6(8)11/h5H,2-3H2,1H3,(H2,8,11)(H,9,10)(H,12,13)/t5-/m1/s1/i2+1,3+1,5+1,6+1,7+1. The summed E-state index contributed by atoms with van der Waals surface area (Å²) in [5, 5.41) is 10.8. The van der Waals surface area contributed by atoms with Crippen LogP contribution in [0.15, 0.2) is 0 Å². The van der Waals surface area contributed by atoms with E-state index in [1.54, 1.807) is 0 Å². The van der Waals surface area contributed by atoms with E-state index in [1.165, 1.54) is 6.92 Å². The second kappa shape index (κ2) is 5.13. The number of primary amides is 1. The monoisotopic (exact) mass is 193 g/mol. The fraction of sp³-hybridized carbons (Fsp3) is 0.571. The van der Waals surface area contributed by atoms with Crippen molar-refractivity contribution in [2.24, 2.45) is 5.73 Å². The first kappa shape index (κ1) is 11.4. The molecule has 13 heavy (non-hydrogen) atoms. The molecule has 0 aliphatic heterocycles. The molecule has 0 heterocycles. The molecule has 74 valence electrons. The zero-order valence-corrected chi connectivity index (χ0v) is 7.24. The summed E-state index contributed by atoms with van der Waals surface area (Å²) in [5.74, 6) is -2.20. The number of nitrogens with two attached hydrogens (primary N) is 1. The lowest BCUT2D eigenvalue weighted by Crippen LogP contribution is -2.40. The van der Waals surface area contributed by atoms with Gasteiger partial charge in [0.2, 0.25) is 11.8 Å². The maximum absolute atomic E-state index is 10.5. The molecule has 0 aliphatic carbocycles. The lowest BCUT2D eigenvalue weighted by Gasteiger charge is -2.11. The Hall–Kier alpha value is -1.59. The minimum atomic E-state index is -1.17. The first-order valence-corrected chi connectivity index (χ1v) is 3.71. The van der Waals surface area contributed by atoms with Gasteiger partial charge in [0.1, 0.15) is 6.04 Å². The SMILES string of the molecule is CC(=O)N[13C@H]([13CH2][13CH2][13C](N)=O)[13C](=O)O. The molecule has 0 bridgehead atoms. The second-order valence-corrected chi connectivity index (χ2v) is 2.60. The molecule has 0 aromatic heterocycles. The van der Waals surface area contributed by atoms with Crippen LogP contribution < -0.4 is 11.1 Å².